The van der Waals surface area contributed by atoms with Crippen molar-refractivity contribution in [1.82, 2.24) is 10.3 Å². The molecule has 3 heteroatoms. The summed E-state index contributed by atoms with van der Waals surface area (Å²) in [5.41, 5.74) is 4.78. The van der Waals surface area contributed by atoms with Crippen molar-refractivity contribution in [3.63, 3.8) is 0 Å². The fraction of sp³-hybridized carbons (Fsp3) is 0.333. The number of aromatic hydroxyl groups is 1. The Morgan fingerprint density at radius 3 is 3.07 bits per heavy atom. The van der Waals surface area contributed by atoms with E-state index < -0.39 is 0 Å². The number of aryl methyl sites for hydroxylation is 1. The molecule has 1 aromatic carbocycles. The summed E-state index contributed by atoms with van der Waals surface area (Å²) in [4.78, 5) is 3.43. The first-order valence-corrected chi connectivity index (χ1v) is 5.30. The van der Waals surface area contributed by atoms with Crippen LogP contribution in [0.2, 0.25) is 0 Å². The van der Waals surface area contributed by atoms with Gasteiger partial charge in [-0.15, -0.1) is 0 Å². The lowest BCUT2D eigenvalue weighted by Crippen LogP contribution is -2.22. The van der Waals surface area contributed by atoms with Gasteiger partial charge in [0.25, 0.3) is 0 Å². The zero-order valence-corrected chi connectivity index (χ0v) is 8.72. The van der Waals surface area contributed by atoms with Gasteiger partial charge >= 0.3 is 0 Å². The maximum absolute atomic E-state index is 9.89. The van der Waals surface area contributed by atoms with Crippen molar-refractivity contribution in [2.24, 2.45) is 0 Å². The van der Waals surface area contributed by atoms with Gasteiger partial charge in [0.1, 0.15) is 5.75 Å². The number of hydrogen-bond donors (Lipinski definition) is 3. The molecule has 3 nitrogen and oxygen atoms in total. The first-order chi connectivity index (χ1) is 7.27. The van der Waals surface area contributed by atoms with Crippen LogP contribution in [0.1, 0.15) is 16.8 Å². The Hall–Kier alpha value is -1.48. The quantitative estimate of drug-likeness (QED) is 0.610. The van der Waals surface area contributed by atoms with Crippen LogP contribution in [0.5, 0.6) is 5.75 Å². The molecule has 0 aliphatic carbocycles. The normalized spacial score (nSPS) is 15.5. The van der Waals surface area contributed by atoms with Gasteiger partial charge < -0.3 is 15.4 Å². The van der Waals surface area contributed by atoms with Gasteiger partial charge in [0.15, 0.2) is 0 Å². The molecule has 1 aromatic heterocycles. The minimum absolute atomic E-state index is 0.386. The summed E-state index contributed by atoms with van der Waals surface area (Å²) >= 11 is 0. The van der Waals surface area contributed by atoms with Crippen LogP contribution in [0.3, 0.4) is 0 Å². The highest BCUT2D eigenvalue weighted by Gasteiger charge is 2.18. The molecular formula is C12H14N2O. The van der Waals surface area contributed by atoms with Crippen LogP contribution in [0.15, 0.2) is 12.1 Å². The maximum Gasteiger partial charge on any atom is 0.125 e. The molecule has 0 saturated carbocycles. The van der Waals surface area contributed by atoms with Crippen LogP contribution in [0.25, 0.3) is 10.9 Å². The Bertz CT molecular complexity index is 528. The smallest absolute Gasteiger partial charge is 0.125 e. The highest BCUT2D eigenvalue weighted by Crippen LogP contribution is 2.33. The van der Waals surface area contributed by atoms with Crippen LogP contribution >= 0.6 is 0 Å². The van der Waals surface area contributed by atoms with E-state index in [9.17, 15) is 5.11 Å². The number of nitrogens with one attached hydrogen (secondary N) is 2. The average Bonchev–Trinajstić information content (AvgIpc) is 2.64. The SMILES string of the molecule is Cc1ccc(O)c2c3c([nH]c12)CCNC3. The average molecular weight is 202 g/mol. The van der Waals surface area contributed by atoms with Gasteiger partial charge in [-0.25, -0.2) is 0 Å². The molecule has 3 rings (SSSR count). The van der Waals surface area contributed by atoms with Gasteiger partial charge in [-0.3, -0.25) is 0 Å². The number of phenols is 1. The van der Waals surface area contributed by atoms with Crippen molar-refractivity contribution in [1.29, 1.82) is 0 Å². The van der Waals surface area contributed by atoms with Gasteiger partial charge in [-0.1, -0.05) is 6.07 Å². The van der Waals surface area contributed by atoms with Crippen molar-refractivity contribution in [3.8, 4) is 5.75 Å². The minimum atomic E-state index is 0.386. The molecule has 0 spiro atoms. The minimum Gasteiger partial charge on any atom is -0.507 e. The van der Waals surface area contributed by atoms with Crippen molar-refractivity contribution in [2.45, 2.75) is 19.9 Å². The predicted octanol–water partition coefficient (Wildman–Crippen LogP) is 1.83. The van der Waals surface area contributed by atoms with Crippen LogP contribution in [-0.4, -0.2) is 16.6 Å². The van der Waals surface area contributed by atoms with Crippen molar-refractivity contribution in [2.75, 3.05) is 6.54 Å². The third-order valence-corrected chi connectivity index (χ3v) is 3.19. The third-order valence-electron chi connectivity index (χ3n) is 3.19. The molecule has 1 aliphatic rings. The molecule has 3 N–H and O–H groups in total. The maximum atomic E-state index is 9.89. The second-order valence-electron chi connectivity index (χ2n) is 4.16. The summed E-state index contributed by atoms with van der Waals surface area (Å²) in [6.45, 7) is 3.93. The molecule has 0 atom stereocenters. The second-order valence-corrected chi connectivity index (χ2v) is 4.16. The summed E-state index contributed by atoms with van der Waals surface area (Å²) < 4.78 is 0. The highest BCUT2D eigenvalue weighted by molar-refractivity contribution is 5.92. The molecule has 0 amide bonds. The first-order valence-electron chi connectivity index (χ1n) is 5.30. The van der Waals surface area contributed by atoms with Crippen LogP contribution in [-0.2, 0) is 13.0 Å². The lowest BCUT2D eigenvalue weighted by molar-refractivity contribution is 0.481. The molecule has 2 heterocycles. The number of aromatic nitrogens is 1. The Labute approximate surface area is 88.1 Å². The number of phenolic OH excluding ortho intramolecular Hbond substituents is 1. The molecule has 2 aromatic rings. The zero-order chi connectivity index (χ0) is 10.4. The second kappa shape index (κ2) is 3.00. The highest BCUT2D eigenvalue weighted by atomic mass is 16.3. The molecule has 0 fully saturated rings. The zero-order valence-electron chi connectivity index (χ0n) is 8.72. The van der Waals surface area contributed by atoms with E-state index in [0.717, 1.165) is 30.4 Å². The largest absolute Gasteiger partial charge is 0.507 e. The Morgan fingerprint density at radius 2 is 2.20 bits per heavy atom. The van der Waals surface area contributed by atoms with Gasteiger partial charge in [0.2, 0.25) is 0 Å². The van der Waals surface area contributed by atoms with Gasteiger partial charge in [0.05, 0.1) is 5.52 Å². The summed E-state index contributed by atoms with van der Waals surface area (Å²) in [6.07, 6.45) is 1.02. The molecule has 78 valence electrons. The van der Waals surface area contributed by atoms with Crippen LogP contribution in [0.4, 0.5) is 0 Å². The van der Waals surface area contributed by atoms with Crippen LogP contribution < -0.4 is 5.32 Å². The molecule has 0 bridgehead atoms. The number of rotatable bonds is 0. The fourth-order valence-electron chi connectivity index (χ4n) is 2.37. The summed E-state index contributed by atoms with van der Waals surface area (Å²) in [6, 6.07) is 3.73. The number of aromatic amines is 1. The van der Waals surface area contributed by atoms with E-state index in [0.29, 0.717) is 5.75 Å². The first kappa shape index (κ1) is 8.80. The number of benzene rings is 1. The number of H-pyrrole nitrogens is 1. The predicted molar refractivity (Wildman–Crippen MR) is 60.1 cm³/mol. The lowest BCUT2D eigenvalue weighted by atomic mass is 10.0. The fourth-order valence-corrected chi connectivity index (χ4v) is 2.37. The molecule has 0 radical (unpaired) electrons. The summed E-state index contributed by atoms with van der Waals surface area (Å²) in [5, 5.41) is 14.2. The molecule has 0 unspecified atom stereocenters. The van der Waals surface area contributed by atoms with E-state index in [1.54, 1.807) is 6.07 Å². The summed E-state index contributed by atoms with van der Waals surface area (Å²) in [5.74, 6) is 0.386. The van der Waals surface area contributed by atoms with Crippen molar-refractivity contribution < 1.29 is 5.11 Å². The van der Waals surface area contributed by atoms with Crippen molar-refractivity contribution in [3.05, 3.63) is 29.0 Å². The van der Waals surface area contributed by atoms with E-state index >= 15 is 0 Å². The third kappa shape index (κ3) is 1.16. The van der Waals surface area contributed by atoms with Crippen molar-refractivity contribution >= 4 is 10.9 Å². The van der Waals surface area contributed by atoms with Gasteiger partial charge in [-0.05, 0) is 24.1 Å². The lowest BCUT2D eigenvalue weighted by Gasteiger charge is -2.12. The Kier molecular flexibility index (Phi) is 1.76. The van der Waals surface area contributed by atoms with Gasteiger partial charge in [0, 0.05) is 30.6 Å². The van der Waals surface area contributed by atoms with Gasteiger partial charge in [-0.2, -0.15) is 0 Å². The van der Waals surface area contributed by atoms with E-state index in [2.05, 4.69) is 17.2 Å². The molecular weight excluding hydrogens is 188 g/mol. The molecule has 0 saturated heterocycles. The number of hydrogen-bond acceptors (Lipinski definition) is 2. The van der Waals surface area contributed by atoms with E-state index in [1.807, 2.05) is 6.07 Å². The number of fused-ring (bicyclic) bond motifs is 3. The topological polar surface area (TPSA) is 48.0 Å². The van der Waals surface area contributed by atoms with E-state index in [4.69, 9.17) is 0 Å². The molecule has 1 aliphatic heterocycles. The Balaban J connectivity index is 2.41. The standard InChI is InChI=1S/C12H14N2O/c1-7-2-3-10(15)11-8-6-13-5-4-9(8)14-12(7)11/h2-3,13-15H,4-6H2,1H3. The molecule has 15 heavy (non-hydrogen) atoms. The monoisotopic (exact) mass is 202 g/mol. The summed E-state index contributed by atoms with van der Waals surface area (Å²) in [7, 11) is 0. The van der Waals surface area contributed by atoms with E-state index in [1.165, 1.54) is 16.8 Å². The Morgan fingerprint density at radius 1 is 1.33 bits per heavy atom. The van der Waals surface area contributed by atoms with Crippen LogP contribution in [0, 0.1) is 6.92 Å². The van der Waals surface area contributed by atoms with E-state index in [-0.39, 0.29) is 0 Å².